The van der Waals surface area contributed by atoms with Crippen molar-refractivity contribution >= 4 is 23.2 Å². The topological polar surface area (TPSA) is 58.4 Å². The molecular formula is C17H15ClF3N3O2. The molecule has 1 atom stereocenters. The Hall–Kier alpha value is -2.06. The van der Waals surface area contributed by atoms with Crippen LogP contribution in [0.1, 0.15) is 40.5 Å². The number of aromatic nitrogens is 2. The highest BCUT2D eigenvalue weighted by atomic mass is 35.5. The van der Waals surface area contributed by atoms with Crippen molar-refractivity contribution in [2.45, 2.75) is 44.1 Å². The van der Waals surface area contributed by atoms with E-state index in [1.165, 1.54) is 4.90 Å². The molecule has 4 rings (SSSR count). The Morgan fingerprint density at radius 2 is 1.92 bits per heavy atom. The number of carbonyl (C=O) groups is 1. The molecule has 1 aliphatic heterocycles. The number of fused-ring (bicyclic) bond motifs is 1. The van der Waals surface area contributed by atoms with Gasteiger partial charge in [0.1, 0.15) is 0 Å². The van der Waals surface area contributed by atoms with Crippen LogP contribution in [0.3, 0.4) is 0 Å². The van der Waals surface area contributed by atoms with E-state index in [9.17, 15) is 23.1 Å². The first kappa shape index (κ1) is 17.4. The van der Waals surface area contributed by atoms with E-state index in [2.05, 4.69) is 5.10 Å². The van der Waals surface area contributed by atoms with Gasteiger partial charge in [-0.2, -0.15) is 18.3 Å². The van der Waals surface area contributed by atoms with Crippen LogP contribution in [0.5, 0.6) is 0 Å². The number of nitrogens with zero attached hydrogens (tertiary/aromatic N) is 3. The highest BCUT2D eigenvalue weighted by Gasteiger charge is 2.43. The van der Waals surface area contributed by atoms with Gasteiger partial charge in [0, 0.05) is 16.6 Å². The predicted octanol–water partition coefficient (Wildman–Crippen LogP) is 3.50. The number of aliphatic hydroxyl groups is 1. The van der Waals surface area contributed by atoms with E-state index in [4.69, 9.17) is 11.6 Å². The first-order valence-corrected chi connectivity index (χ1v) is 8.55. The van der Waals surface area contributed by atoms with E-state index in [-0.39, 0.29) is 18.4 Å². The third-order valence-electron chi connectivity index (χ3n) is 4.68. The summed E-state index contributed by atoms with van der Waals surface area (Å²) in [5.41, 5.74) is 1.93. The second-order valence-corrected chi connectivity index (χ2v) is 7.02. The fourth-order valence-electron chi connectivity index (χ4n) is 3.16. The molecular weight excluding hydrogens is 371 g/mol. The fraction of sp³-hybridized carbons (Fsp3) is 0.412. The summed E-state index contributed by atoms with van der Waals surface area (Å²) in [6.45, 7) is -0.611. The predicted molar refractivity (Wildman–Crippen MR) is 88.2 cm³/mol. The maximum atomic E-state index is 12.9. The molecule has 1 aliphatic carbocycles. The zero-order valence-corrected chi connectivity index (χ0v) is 14.3. The second kappa shape index (κ2) is 5.99. The Labute approximate surface area is 152 Å². The van der Waals surface area contributed by atoms with E-state index >= 15 is 0 Å². The molecule has 1 amide bonds. The van der Waals surface area contributed by atoms with Crippen LogP contribution in [0, 0.1) is 0 Å². The van der Waals surface area contributed by atoms with Gasteiger partial charge in [0.2, 0.25) is 0 Å². The average molecular weight is 386 g/mol. The lowest BCUT2D eigenvalue weighted by Gasteiger charge is -2.18. The van der Waals surface area contributed by atoms with E-state index in [1.807, 2.05) is 0 Å². The van der Waals surface area contributed by atoms with Gasteiger partial charge in [-0.15, -0.1) is 0 Å². The zero-order valence-electron chi connectivity index (χ0n) is 13.5. The van der Waals surface area contributed by atoms with Crippen LogP contribution in [0.15, 0.2) is 24.3 Å². The minimum atomic E-state index is -4.74. The summed E-state index contributed by atoms with van der Waals surface area (Å²) in [4.78, 5) is 14.4. The molecule has 0 bridgehead atoms. The summed E-state index contributed by atoms with van der Waals surface area (Å²) in [6.07, 6.45) is -5.55. The number of alkyl halides is 3. The molecule has 0 radical (unpaired) electrons. The smallest absolute Gasteiger partial charge is 0.382 e. The minimum absolute atomic E-state index is 0.0992. The van der Waals surface area contributed by atoms with Crippen molar-refractivity contribution in [1.82, 2.24) is 9.78 Å². The first-order valence-electron chi connectivity index (χ1n) is 8.17. The van der Waals surface area contributed by atoms with Crippen molar-refractivity contribution in [3.63, 3.8) is 0 Å². The Bertz CT molecular complexity index is 859. The summed E-state index contributed by atoms with van der Waals surface area (Å²) < 4.78 is 39.4. The van der Waals surface area contributed by atoms with Gasteiger partial charge in [-0.05, 0) is 37.1 Å². The number of amides is 1. The van der Waals surface area contributed by atoms with Gasteiger partial charge in [0.15, 0.2) is 6.10 Å². The van der Waals surface area contributed by atoms with Crippen molar-refractivity contribution in [2.75, 3.05) is 4.90 Å². The molecule has 26 heavy (non-hydrogen) atoms. The lowest BCUT2D eigenvalue weighted by atomic mass is 10.1. The third kappa shape index (κ3) is 2.97. The quantitative estimate of drug-likeness (QED) is 0.876. The van der Waals surface area contributed by atoms with E-state index in [0.29, 0.717) is 27.7 Å². The molecule has 1 saturated carbocycles. The lowest BCUT2D eigenvalue weighted by Crippen LogP contribution is -2.34. The van der Waals surface area contributed by atoms with E-state index < -0.39 is 18.8 Å². The average Bonchev–Trinajstić information content (AvgIpc) is 3.28. The van der Waals surface area contributed by atoms with Gasteiger partial charge in [0.25, 0.3) is 5.91 Å². The van der Waals surface area contributed by atoms with E-state index in [0.717, 1.165) is 17.5 Å². The Morgan fingerprint density at radius 1 is 1.27 bits per heavy atom. The van der Waals surface area contributed by atoms with Crippen molar-refractivity contribution in [2.24, 2.45) is 0 Å². The zero-order chi connectivity index (χ0) is 18.6. The summed E-state index contributed by atoms with van der Waals surface area (Å²) in [6, 6.07) is 6.67. The molecule has 2 aromatic rings. The molecule has 0 saturated heterocycles. The standard InChI is InChI=1S/C17H15ClF3N3O2/c18-10-3-5-11(6-4-10)23-7-12-14(16(23)26)15(9-1-2-9)22-24(12)8-13(25)17(19,20)21/h3-6,9,13,25H,1-2,7-8H2/t13-/m0/s1. The number of aliphatic hydroxyl groups excluding tert-OH is 1. The number of rotatable bonds is 4. The summed E-state index contributed by atoms with van der Waals surface area (Å²) in [5.74, 6) is -0.181. The Balaban J connectivity index is 1.69. The monoisotopic (exact) mass is 385 g/mol. The van der Waals surface area contributed by atoms with Gasteiger partial charge in [-0.3, -0.25) is 9.48 Å². The number of hydrogen-bond donors (Lipinski definition) is 1. The molecule has 1 N–H and O–H groups in total. The molecule has 0 unspecified atom stereocenters. The van der Waals surface area contributed by atoms with Crippen molar-refractivity contribution in [3.05, 3.63) is 46.2 Å². The van der Waals surface area contributed by atoms with Crippen LogP contribution in [-0.4, -0.2) is 33.1 Å². The highest BCUT2D eigenvalue weighted by molar-refractivity contribution is 6.30. The molecule has 1 fully saturated rings. The maximum Gasteiger partial charge on any atom is 0.416 e. The van der Waals surface area contributed by atoms with Crippen LogP contribution < -0.4 is 4.90 Å². The molecule has 0 spiro atoms. The van der Waals surface area contributed by atoms with Gasteiger partial charge < -0.3 is 10.0 Å². The molecule has 2 aliphatic rings. The van der Waals surface area contributed by atoms with Crippen molar-refractivity contribution in [3.8, 4) is 0 Å². The second-order valence-electron chi connectivity index (χ2n) is 6.59. The molecule has 5 nitrogen and oxygen atoms in total. The van der Waals surface area contributed by atoms with Crippen molar-refractivity contribution in [1.29, 1.82) is 0 Å². The Morgan fingerprint density at radius 3 is 2.50 bits per heavy atom. The van der Waals surface area contributed by atoms with Gasteiger partial charge in [-0.1, -0.05) is 11.6 Å². The molecule has 138 valence electrons. The van der Waals surface area contributed by atoms with Crippen LogP contribution >= 0.6 is 11.6 Å². The molecule has 2 heterocycles. The first-order chi connectivity index (χ1) is 12.3. The lowest BCUT2D eigenvalue weighted by molar-refractivity contribution is -0.208. The summed E-state index contributed by atoms with van der Waals surface area (Å²) >= 11 is 5.87. The van der Waals surface area contributed by atoms with Crippen LogP contribution in [0.25, 0.3) is 0 Å². The SMILES string of the molecule is O=C1c2c(C3CC3)nn(C[C@H](O)C(F)(F)F)c2CN1c1ccc(Cl)cc1. The van der Waals surface area contributed by atoms with E-state index in [1.54, 1.807) is 24.3 Å². The van der Waals surface area contributed by atoms with Crippen molar-refractivity contribution < 1.29 is 23.1 Å². The number of anilines is 1. The van der Waals surface area contributed by atoms with Gasteiger partial charge >= 0.3 is 6.18 Å². The fourth-order valence-corrected chi connectivity index (χ4v) is 3.28. The molecule has 9 heteroatoms. The minimum Gasteiger partial charge on any atom is -0.382 e. The number of hydrogen-bond acceptors (Lipinski definition) is 3. The van der Waals surface area contributed by atoms with Crippen LogP contribution in [-0.2, 0) is 13.1 Å². The number of benzene rings is 1. The largest absolute Gasteiger partial charge is 0.416 e. The molecule has 1 aromatic heterocycles. The van der Waals surface area contributed by atoms with Gasteiger partial charge in [0.05, 0.1) is 30.0 Å². The normalized spacial score (nSPS) is 18.3. The number of carbonyl (C=O) groups excluding carboxylic acids is 1. The third-order valence-corrected chi connectivity index (χ3v) is 4.93. The maximum absolute atomic E-state index is 12.9. The van der Waals surface area contributed by atoms with Crippen LogP contribution in [0.2, 0.25) is 5.02 Å². The summed E-state index contributed by atoms with van der Waals surface area (Å²) in [7, 11) is 0. The van der Waals surface area contributed by atoms with Crippen LogP contribution in [0.4, 0.5) is 18.9 Å². The summed E-state index contributed by atoms with van der Waals surface area (Å²) in [5, 5.41) is 14.2. The van der Waals surface area contributed by atoms with Gasteiger partial charge in [-0.25, -0.2) is 0 Å². The number of halogens is 4. The molecule has 1 aromatic carbocycles. The Kier molecular flexibility index (Phi) is 4.00. The highest BCUT2D eigenvalue weighted by Crippen LogP contribution is 2.44.